The average molecular weight is 326 g/mol. The second-order valence-electron chi connectivity index (χ2n) is 6.38. The molecule has 1 saturated heterocycles. The van der Waals surface area contributed by atoms with Crippen molar-refractivity contribution in [2.75, 3.05) is 13.2 Å². The summed E-state index contributed by atoms with van der Waals surface area (Å²) in [5.41, 5.74) is 1.91. The van der Waals surface area contributed by atoms with E-state index in [1.807, 2.05) is 18.9 Å². The van der Waals surface area contributed by atoms with Gasteiger partial charge >= 0.3 is 0 Å². The van der Waals surface area contributed by atoms with Gasteiger partial charge in [0.2, 0.25) is 5.91 Å². The van der Waals surface area contributed by atoms with Gasteiger partial charge in [-0.2, -0.15) is 5.10 Å². The Bertz CT molecular complexity index is 552. The molecule has 0 radical (unpaired) electrons. The molecule has 5 nitrogen and oxygen atoms in total. The van der Waals surface area contributed by atoms with Gasteiger partial charge in [-0.3, -0.25) is 9.48 Å². The van der Waals surface area contributed by atoms with Crippen molar-refractivity contribution in [3.63, 3.8) is 0 Å². The Hall–Kier alpha value is -1.07. The fourth-order valence-electron chi connectivity index (χ4n) is 3.72. The number of nitrogens with zero attached hydrogens (tertiary/aromatic N) is 3. The van der Waals surface area contributed by atoms with Crippen LogP contribution in [0.25, 0.3) is 0 Å². The van der Waals surface area contributed by atoms with Gasteiger partial charge in [-0.15, -0.1) is 0 Å². The molecule has 6 heteroatoms. The van der Waals surface area contributed by atoms with Crippen LogP contribution in [0, 0.1) is 6.92 Å². The number of aromatic nitrogens is 2. The normalized spacial score (nSPS) is 22.7. The van der Waals surface area contributed by atoms with Crippen LogP contribution in [0.2, 0.25) is 5.15 Å². The minimum absolute atomic E-state index is 0.0425. The summed E-state index contributed by atoms with van der Waals surface area (Å²) < 4.78 is 7.46. The minimum Gasteiger partial charge on any atom is -0.368 e. The van der Waals surface area contributed by atoms with Crippen molar-refractivity contribution < 1.29 is 9.53 Å². The van der Waals surface area contributed by atoms with Crippen LogP contribution in [0.15, 0.2) is 0 Å². The molecule has 0 bridgehead atoms. The molecule has 1 aliphatic heterocycles. The Balaban J connectivity index is 1.68. The van der Waals surface area contributed by atoms with Gasteiger partial charge < -0.3 is 9.64 Å². The number of carbonyl (C=O) groups is 1. The van der Waals surface area contributed by atoms with Crippen LogP contribution in [-0.2, 0) is 16.6 Å². The van der Waals surface area contributed by atoms with Crippen LogP contribution in [-0.4, -0.2) is 39.8 Å². The largest absolute Gasteiger partial charge is 0.368 e. The maximum atomic E-state index is 12.5. The zero-order valence-corrected chi connectivity index (χ0v) is 14.1. The monoisotopic (exact) mass is 325 g/mol. The van der Waals surface area contributed by atoms with Crippen LogP contribution >= 0.6 is 11.6 Å². The molecule has 1 atom stereocenters. The van der Waals surface area contributed by atoms with E-state index in [9.17, 15) is 4.79 Å². The summed E-state index contributed by atoms with van der Waals surface area (Å²) in [5.74, 6) is 0.0775. The molecule has 1 amide bonds. The van der Waals surface area contributed by atoms with Gasteiger partial charge in [0.05, 0.1) is 17.8 Å². The van der Waals surface area contributed by atoms with E-state index in [0.717, 1.165) is 43.5 Å². The van der Waals surface area contributed by atoms with Crippen LogP contribution in [0.3, 0.4) is 0 Å². The lowest BCUT2D eigenvalue weighted by atomic mass is 10.1. The first-order chi connectivity index (χ1) is 10.6. The molecular weight excluding hydrogens is 302 g/mol. The number of amides is 1. The highest BCUT2D eigenvalue weighted by Crippen LogP contribution is 2.37. The quantitative estimate of drug-likeness (QED) is 0.855. The third-order valence-electron chi connectivity index (χ3n) is 4.85. The molecule has 2 aliphatic rings. The van der Waals surface area contributed by atoms with Crippen molar-refractivity contribution in [3.05, 3.63) is 16.4 Å². The number of likely N-dealkylation sites (tertiary alicyclic amines) is 1. The van der Waals surface area contributed by atoms with E-state index in [4.69, 9.17) is 16.3 Å². The molecule has 22 heavy (non-hydrogen) atoms. The Kier molecular flexibility index (Phi) is 4.73. The summed E-state index contributed by atoms with van der Waals surface area (Å²) in [6, 6.07) is 0.0425. The summed E-state index contributed by atoms with van der Waals surface area (Å²) in [5, 5.41) is 5.01. The van der Waals surface area contributed by atoms with Crippen LogP contribution in [0.1, 0.15) is 55.8 Å². The van der Waals surface area contributed by atoms with Gasteiger partial charge in [0.25, 0.3) is 0 Å². The van der Waals surface area contributed by atoms with E-state index in [1.165, 1.54) is 12.8 Å². The molecule has 0 aromatic carbocycles. The van der Waals surface area contributed by atoms with Gasteiger partial charge in [-0.05, 0) is 32.6 Å². The topological polar surface area (TPSA) is 47.4 Å². The smallest absolute Gasteiger partial charge is 0.249 e. The second kappa shape index (κ2) is 6.59. The van der Waals surface area contributed by atoms with Crippen molar-refractivity contribution in [1.29, 1.82) is 0 Å². The number of rotatable bonds is 4. The Morgan fingerprint density at radius 3 is 2.68 bits per heavy atom. The predicted octanol–water partition coefficient (Wildman–Crippen LogP) is 3.00. The number of hydrogen-bond donors (Lipinski definition) is 0. The Morgan fingerprint density at radius 2 is 2.05 bits per heavy atom. The van der Waals surface area contributed by atoms with Crippen molar-refractivity contribution in [2.45, 2.75) is 57.6 Å². The van der Waals surface area contributed by atoms with E-state index >= 15 is 0 Å². The number of hydrogen-bond acceptors (Lipinski definition) is 3. The van der Waals surface area contributed by atoms with E-state index in [1.54, 1.807) is 4.68 Å². The van der Waals surface area contributed by atoms with Gasteiger partial charge in [0.1, 0.15) is 11.8 Å². The van der Waals surface area contributed by atoms with Gasteiger partial charge in [-0.25, -0.2) is 0 Å². The van der Waals surface area contributed by atoms with Crippen molar-refractivity contribution in [2.24, 2.45) is 7.05 Å². The first-order valence-corrected chi connectivity index (χ1v) is 8.55. The van der Waals surface area contributed by atoms with Crippen LogP contribution in [0.4, 0.5) is 0 Å². The number of halogens is 1. The highest BCUT2D eigenvalue weighted by molar-refractivity contribution is 6.30. The minimum atomic E-state index is 0.0425. The number of carbonyl (C=O) groups excluding carboxylic acids is 1. The molecule has 0 unspecified atom stereocenters. The number of ether oxygens (including phenoxy) is 1. The molecule has 2 fully saturated rings. The van der Waals surface area contributed by atoms with Crippen molar-refractivity contribution in [3.8, 4) is 0 Å². The fourth-order valence-corrected chi connectivity index (χ4v) is 4.02. The molecule has 1 aromatic rings. The summed E-state index contributed by atoms with van der Waals surface area (Å²) >= 11 is 6.38. The SMILES string of the molecule is Cc1nn(C)c(Cl)c1[C@H]1CCCN1C(=O)COC1CCCC1. The van der Waals surface area contributed by atoms with Gasteiger partial charge in [0.15, 0.2) is 0 Å². The van der Waals surface area contributed by atoms with Crippen molar-refractivity contribution in [1.82, 2.24) is 14.7 Å². The zero-order chi connectivity index (χ0) is 15.7. The molecule has 122 valence electrons. The van der Waals surface area contributed by atoms with E-state index in [-0.39, 0.29) is 24.7 Å². The lowest BCUT2D eigenvalue weighted by molar-refractivity contribution is -0.139. The van der Waals surface area contributed by atoms with E-state index < -0.39 is 0 Å². The first-order valence-electron chi connectivity index (χ1n) is 8.18. The maximum Gasteiger partial charge on any atom is 0.249 e. The predicted molar refractivity (Wildman–Crippen MR) is 84.9 cm³/mol. The fraction of sp³-hybridized carbons (Fsp3) is 0.750. The first kappa shape index (κ1) is 15.8. The summed E-state index contributed by atoms with van der Waals surface area (Å²) in [6.45, 7) is 2.93. The second-order valence-corrected chi connectivity index (χ2v) is 6.73. The number of aryl methyl sites for hydroxylation is 2. The standard InChI is InChI=1S/C16H24ClN3O2/c1-11-15(16(17)19(2)18-11)13-8-5-9-20(13)14(21)10-22-12-6-3-4-7-12/h12-13H,3-10H2,1-2H3/t13-/m1/s1. The summed E-state index contributed by atoms with van der Waals surface area (Å²) in [6.07, 6.45) is 6.83. The molecule has 2 heterocycles. The summed E-state index contributed by atoms with van der Waals surface area (Å²) in [4.78, 5) is 14.5. The van der Waals surface area contributed by atoms with E-state index in [0.29, 0.717) is 5.15 Å². The third kappa shape index (κ3) is 3.01. The lowest BCUT2D eigenvalue weighted by Gasteiger charge is -2.25. The molecular formula is C16H24ClN3O2. The summed E-state index contributed by atoms with van der Waals surface area (Å²) in [7, 11) is 1.84. The highest BCUT2D eigenvalue weighted by Gasteiger charge is 2.34. The Morgan fingerprint density at radius 1 is 1.32 bits per heavy atom. The lowest BCUT2D eigenvalue weighted by Crippen LogP contribution is -2.34. The molecule has 1 saturated carbocycles. The average Bonchev–Trinajstić information content (AvgIpc) is 3.19. The molecule has 3 rings (SSSR count). The highest BCUT2D eigenvalue weighted by atomic mass is 35.5. The van der Waals surface area contributed by atoms with Crippen LogP contribution < -0.4 is 0 Å². The molecule has 0 spiro atoms. The van der Waals surface area contributed by atoms with E-state index in [2.05, 4.69) is 5.10 Å². The zero-order valence-electron chi connectivity index (χ0n) is 13.3. The molecule has 0 N–H and O–H groups in total. The van der Waals surface area contributed by atoms with Gasteiger partial charge in [-0.1, -0.05) is 24.4 Å². The van der Waals surface area contributed by atoms with Crippen molar-refractivity contribution >= 4 is 17.5 Å². The molecule has 1 aromatic heterocycles. The van der Waals surface area contributed by atoms with Gasteiger partial charge in [0, 0.05) is 19.2 Å². The maximum absolute atomic E-state index is 12.5. The molecule has 1 aliphatic carbocycles. The van der Waals surface area contributed by atoms with Crippen LogP contribution in [0.5, 0.6) is 0 Å². The third-order valence-corrected chi connectivity index (χ3v) is 5.30. The Labute approximate surface area is 136 Å².